The van der Waals surface area contributed by atoms with Crippen molar-refractivity contribution in [2.45, 2.75) is 39.0 Å². The second-order valence-corrected chi connectivity index (χ2v) is 4.69. The molecule has 2 N–H and O–H groups in total. The maximum Gasteiger partial charge on any atom is 0.330 e. The summed E-state index contributed by atoms with van der Waals surface area (Å²) in [5.41, 5.74) is -0.372. The summed E-state index contributed by atoms with van der Waals surface area (Å²) in [5.74, 6) is 0.235. The summed E-state index contributed by atoms with van der Waals surface area (Å²) in [6, 6.07) is 0. The van der Waals surface area contributed by atoms with Crippen molar-refractivity contribution in [3.05, 3.63) is 32.6 Å². The Bertz CT molecular complexity index is 522. The smallest absolute Gasteiger partial charge is 0.330 e. The minimum absolute atomic E-state index is 0.0495. The lowest BCUT2D eigenvalue weighted by Crippen LogP contribution is -2.33. The van der Waals surface area contributed by atoms with E-state index in [4.69, 9.17) is 4.74 Å². The van der Waals surface area contributed by atoms with E-state index in [1.807, 2.05) is 6.92 Å². The monoisotopic (exact) mass is 254 g/mol. The number of aryl methyl sites for hydroxylation is 1. The Morgan fingerprint density at radius 1 is 1.56 bits per heavy atom. The lowest BCUT2D eigenvalue weighted by molar-refractivity contribution is -0.0329. The molecule has 1 fully saturated rings. The third-order valence-electron chi connectivity index (χ3n) is 3.52. The number of aromatic amines is 1. The van der Waals surface area contributed by atoms with Crippen molar-refractivity contribution in [3.8, 4) is 0 Å². The topological polar surface area (TPSA) is 84.3 Å². The fourth-order valence-electron chi connectivity index (χ4n) is 2.38. The summed E-state index contributed by atoms with van der Waals surface area (Å²) < 4.78 is 7.06. The van der Waals surface area contributed by atoms with E-state index in [1.54, 1.807) is 6.92 Å². The molecule has 6 nitrogen and oxygen atoms in total. The molecule has 3 atom stereocenters. The maximum atomic E-state index is 11.7. The standard InChI is InChI=1S/C12H18N2O4/c1-3-8-4-10(18-9(8)6-15)14-5-7(2)11(16)13-12(14)17/h5,8-10,15H,3-4,6H2,1-2H3,(H,13,16,17)/t8?,9-,10-/m1/s1. The average Bonchev–Trinajstić information content (AvgIpc) is 2.76. The van der Waals surface area contributed by atoms with Crippen LogP contribution in [-0.2, 0) is 4.74 Å². The Labute approximate surface area is 104 Å². The van der Waals surface area contributed by atoms with Gasteiger partial charge in [0, 0.05) is 11.8 Å². The van der Waals surface area contributed by atoms with Crippen LogP contribution in [0.2, 0.25) is 0 Å². The number of H-pyrrole nitrogens is 1. The largest absolute Gasteiger partial charge is 0.394 e. The molecular formula is C12H18N2O4. The van der Waals surface area contributed by atoms with Crippen LogP contribution in [0.3, 0.4) is 0 Å². The number of nitrogens with one attached hydrogen (secondary N) is 1. The van der Waals surface area contributed by atoms with Crippen molar-refractivity contribution in [3.63, 3.8) is 0 Å². The molecule has 2 rings (SSSR count). The molecule has 0 saturated carbocycles. The van der Waals surface area contributed by atoms with Crippen molar-refractivity contribution in [1.29, 1.82) is 0 Å². The van der Waals surface area contributed by atoms with Gasteiger partial charge in [0.15, 0.2) is 0 Å². The Hall–Kier alpha value is -1.40. The normalized spacial score (nSPS) is 27.6. The average molecular weight is 254 g/mol. The highest BCUT2D eigenvalue weighted by atomic mass is 16.5. The summed E-state index contributed by atoms with van der Waals surface area (Å²) in [6.45, 7) is 3.62. The van der Waals surface area contributed by atoms with Crippen molar-refractivity contribution in [1.82, 2.24) is 9.55 Å². The predicted molar refractivity (Wildman–Crippen MR) is 65.5 cm³/mol. The lowest BCUT2D eigenvalue weighted by atomic mass is 9.98. The first-order chi connectivity index (χ1) is 8.56. The third-order valence-corrected chi connectivity index (χ3v) is 3.52. The van der Waals surface area contributed by atoms with E-state index in [2.05, 4.69) is 4.98 Å². The van der Waals surface area contributed by atoms with Crippen LogP contribution in [0.5, 0.6) is 0 Å². The molecule has 1 aliphatic rings. The zero-order chi connectivity index (χ0) is 13.3. The molecule has 1 aliphatic heterocycles. The number of aliphatic hydroxyl groups excluding tert-OH is 1. The first kappa shape index (κ1) is 13.0. The Morgan fingerprint density at radius 2 is 2.28 bits per heavy atom. The van der Waals surface area contributed by atoms with Gasteiger partial charge in [0.25, 0.3) is 5.56 Å². The highest BCUT2D eigenvalue weighted by Crippen LogP contribution is 2.34. The van der Waals surface area contributed by atoms with Gasteiger partial charge < -0.3 is 9.84 Å². The van der Waals surface area contributed by atoms with E-state index in [-0.39, 0.29) is 24.2 Å². The molecule has 1 unspecified atom stereocenters. The number of nitrogens with zero attached hydrogens (tertiary/aromatic N) is 1. The molecule has 0 bridgehead atoms. The van der Waals surface area contributed by atoms with Crippen molar-refractivity contribution < 1.29 is 9.84 Å². The van der Waals surface area contributed by atoms with Gasteiger partial charge in [-0.15, -0.1) is 0 Å². The molecule has 100 valence electrons. The maximum absolute atomic E-state index is 11.7. The molecule has 18 heavy (non-hydrogen) atoms. The predicted octanol–water partition coefficient (Wildman–Crippen LogP) is 0.151. The van der Waals surface area contributed by atoms with Crippen molar-refractivity contribution in [2.75, 3.05) is 6.61 Å². The number of rotatable bonds is 3. The first-order valence-corrected chi connectivity index (χ1v) is 6.15. The number of hydrogen-bond acceptors (Lipinski definition) is 4. The Morgan fingerprint density at radius 3 is 2.83 bits per heavy atom. The summed E-state index contributed by atoms with van der Waals surface area (Å²) >= 11 is 0. The summed E-state index contributed by atoms with van der Waals surface area (Å²) in [5, 5.41) is 9.23. The van der Waals surface area contributed by atoms with Gasteiger partial charge in [0.1, 0.15) is 6.23 Å². The Balaban J connectivity index is 2.31. The van der Waals surface area contributed by atoms with Crippen LogP contribution in [-0.4, -0.2) is 27.4 Å². The van der Waals surface area contributed by atoms with E-state index < -0.39 is 11.9 Å². The number of aromatic nitrogens is 2. The van der Waals surface area contributed by atoms with Crippen LogP contribution < -0.4 is 11.2 Å². The van der Waals surface area contributed by atoms with Gasteiger partial charge >= 0.3 is 5.69 Å². The zero-order valence-electron chi connectivity index (χ0n) is 10.5. The molecule has 0 spiro atoms. The first-order valence-electron chi connectivity index (χ1n) is 6.15. The quantitative estimate of drug-likeness (QED) is 0.804. The number of hydrogen-bond donors (Lipinski definition) is 2. The van der Waals surface area contributed by atoms with Gasteiger partial charge in [-0.05, 0) is 19.3 Å². The fourth-order valence-corrected chi connectivity index (χ4v) is 2.38. The molecule has 0 amide bonds. The van der Waals surface area contributed by atoms with Crippen LogP contribution in [0.4, 0.5) is 0 Å². The molecule has 6 heteroatoms. The van der Waals surface area contributed by atoms with E-state index in [9.17, 15) is 14.7 Å². The van der Waals surface area contributed by atoms with Crippen LogP contribution >= 0.6 is 0 Å². The van der Waals surface area contributed by atoms with Gasteiger partial charge in [-0.3, -0.25) is 14.3 Å². The lowest BCUT2D eigenvalue weighted by Gasteiger charge is -2.15. The molecule has 1 saturated heterocycles. The molecule has 0 aliphatic carbocycles. The summed E-state index contributed by atoms with van der Waals surface area (Å²) in [7, 11) is 0. The van der Waals surface area contributed by atoms with Gasteiger partial charge in [-0.25, -0.2) is 4.79 Å². The number of aliphatic hydroxyl groups is 1. The molecule has 1 aromatic heterocycles. The van der Waals surface area contributed by atoms with E-state index in [0.29, 0.717) is 12.0 Å². The molecule has 2 heterocycles. The highest BCUT2D eigenvalue weighted by molar-refractivity contribution is 5.01. The SMILES string of the molecule is CCC1C[C@H](n2cc(C)c(=O)[nH]c2=O)O[C@@H]1CO. The molecule has 1 aromatic rings. The van der Waals surface area contributed by atoms with Crippen LogP contribution in [0.1, 0.15) is 31.6 Å². The van der Waals surface area contributed by atoms with Crippen LogP contribution in [0.25, 0.3) is 0 Å². The van der Waals surface area contributed by atoms with Gasteiger partial charge in [0.2, 0.25) is 0 Å². The van der Waals surface area contributed by atoms with Crippen molar-refractivity contribution in [2.24, 2.45) is 5.92 Å². The minimum atomic E-state index is -0.468. The highest BCUT2D eigenvalue weighted by Gasteiger charge is 2.35. The second kappa shape index (κ2) is 5.07. The summed E-state index contributed by atoms with van der Waals surface area (Å²) in [4.78, 5) is 25.3. The molecule has 0 aromatic carbocycles. The summed E-state index contributed by atoms with van der Waals surface area (Å²) in [6.07, 6.45) is 2.43. The van der Waals surface area contributed by atoms with Gasteiger partial charge in [-0.2, -0.15) is 0 Å². The number of ether oxygens (including phenoxy) is 1. The third kappa shape index (κ3) is 2.26. The van der Waals surface area contributed by atoms with Crippen molar-refractivity contribution >= 4 is 0 Å². The van der Waals surface area contributed by atoms with E-state index >= 15 is 0 Å². The van der Waals surface area contributed by atoms with Crippen LogP contribution in [0, 0.1) is 12.8 Å². The van der Waals surface area contributed by atoms with Gasteiger partial charge in [0.05, 0.1) is 12.7 Å². The van der Waals surface area contributed by atoms with Crippen LogP contribution in [0.15, 0.2) is 15.8 Å². The molecular weight excluding hydrogens is 236 g/mol. The molecule has 0 radical (unpaired) electrons. The Kier molecular flexibility index (Phi) is 3.68. The van der Waals surface area contributed by atoms with E-state index in [1.165, 1.54) is 10.8 Å². The minimum Gasteiger partial charge on any atom is -0.394 e. The fraction of sp³-hybridized carbons (Fsp3) is 0.667. The van der Waals surface area contributed by atoms with E-state index in [0.717, 1.165) is 6.42 Å². The van der Waals surface area contributed by atoms with Gasteiger partial charge in [-0.1, -0.05) is 13.3 Å². The zero-order valence-corrected chi connectivity index (χ0v) is 10.5. The second-order valence-electron chi connectivity index (χ2n) is 4.69.